The van der Waals surface area contributed by atoms with Gasteiger partial charge in [-0.1, -0.05) is 12.1 Å². The summed E-state index contributed by atoms with van der Waals surface area (Å²) in [5.74, 6) is 0. The van der Waals surface area contributed by atoms with Gasteiger partial charge < -0.3 is 10.1 Å². The van der Waals surface area contributed by atoms with Gasteiger partial charge in [-0.2, -0.15) is 0 Å². The molecule has 0 radical (unpaired) electrons. The molecular formula is C15H22N2O3. The van der Waals surface area contributed by atoms with E-state index in [4.69, 9.17) is 4.74 Å². The number of nitro benzene ring substituents is 1. The van der Waals surface area contributed by atoms with Crippen molar-refractivity contribution >= 4 is 5.69 Å². The minimum atomic E-state index is -0.324. The van der Waals surface area contributed by atoms with Crippen molar-refractivity contribution in [1.29, 1.82) is 0 Å². The van der Waals surface area contributed by atoms with Crippen LogP contribution in [0.2, 0.25) is 0 Å². The zero-order valence-electron chi connectivity index (χ0n) is 12.1. The van der Waals surface area contributed by atoms with Crippen molar-refractivity contribution in [1.82, 2.24) is 5.32 Å². The molecule has 2 unspecified atom stereocenters. The Hall–Kier alpha value is -1.46. The first-order valence-corrected chi connectivity index (χ1v) is 7.18. The number of rotatable bonds is 5. The maximum absolute atomic E-state index is 11.0. The third kappa shape index (κ3) is 3.77. The van der Waals surface area contributed by atoms with Gasteiger partial charge >= 0.3 is 0 Å². The lowest BCUT2D eigenvalue weighted by Crippen LogP contribution is -2.33. The fourth-order valence-corrected chi connectivity index (χ4v) is 2.49. The highest BCUT2D eigenvalue weighted by molar-refractivity contribution is 5.43. The summed E-state index contributed by atoms with van der Waals surface area (Å²) in [6.07, 6.45) is 3.73. The third-order valence-corrected chi connectivity index (χ3v) is 3.86. The predicted molar refractivity (Wildman–Crippen MR) is 77.8 cm³/mol. The molecule has 5 nitrogen and oxygen atoms in total. The minimum absolute atomic E-state index is 0.0832. The first-order chi connectivity index (χ1) is 9.58. The van der Waals surface area contributed by atoms with E-state index in [2.05, 4.69) is 5.32 Å². The van der Waals surface area contributed by atoms with Crippen LogP contribution in [0.4, 0.5) is 5.69 Å². The number of nitrogens with one attached hydrogen (secondary N) is 1. The van der Waals surface area contributed by atoms with E-state index < -0.39 is 0 Å². The van der Waals surface area contributed by atoms with Crippen molar-refractivity contribution in [3.63, 3.8) is 0 Å². The van der Waals surface area contributed by atoms with Crippen molar-refractivity contribution in [3.05, 3.63) is 39.4 Å². The van der Waals surface area contributed by atoms with E-state index in [0.29, 0.717) is 5.56 Å². The standard InChI is InChI=1S/C15H22N2O3/c1-11-6-7-13(9-15(11)17(18)19)12(2)16-10-14-5-3-4-8-20-14/h6-7,9,12,14,16H,3-5,8,10H2,1-2H3. The van der Waals surface area contributed by atoms with E-state index >= 15 is 0 Å². The van der Waals surface area contributed by atoms with Crippen LogP contribution >= 0.6 is 0 Å². The summed E-state index contributed by atoms with van der Waals surface area (Å²) in [6, 6.07) is 5.50. The molecular weight excluding hydrogens is 256 g/mol. The largest absolute Gasteiger partial charge is 0.377 e. The quantitative estimate of drug-likeness (QED) is 0.664. The predicted octanol–water partition coefficient (Wildman–Crippen LogP) is 3.12. The van der Waals surface area contributed by atoms with Crippen molar-refractivity contribution < 1.29 is 9.66 Å². The normalized spacial score (nSPS) is 20.6. The summed E-state index contributed by atoms with van der Waals surface area (Å²) in [6.45, 7) is 5.42. The molecule has 0 bridgehead atoms. The van der Waals surface area contributed by atoms with Crippen LogP contribution < -0.4 is 5.32 Å². The molecule has 2 rings (SSSR count). The molecule has 1 N–H and O–H groups in total. The molecule has 1 heterocycles. The zero-order valence-corrected chi connectivity index (χ0v) is 12.1. The zero-order chi connectivity index (χ0) is 14.5. The average molecular weight is 278 g/mol. The number of aryl methyl sites for hydroxylation is 1. The van der Waals surface area contributed by atoms with Crippen LogP contribution in [-0.4, -0.2) is 24.2 Å². The highest BCUT2D eigenvalue weighted by Gasteiger charge is 2.17. The Bertz CT molecular complexity index is 470. The first kappa shape index (κ1) is 14.9. The number of nitro groups is 1. The molecule has 2 atom stereocenters. The second-order valence-electron chi connectivity index (χ2n) is 5.42. The molecule has 1 aromatic carbocycles. The van der Waals surface area contributed by atoms with Gasteiger partial charge in [-0.25, -0.2) is 0 Å². The molecule has 0 aromatic heterocycles. The van der Waals surface area contributed by atoms with E-state index in [1.54, 1.807) is 13.0 Å². The highest BCUT2D eigenvalue weighted by Crippen LogP contribution is 2.23. The van der Waals surface area contributed by atoms with E-state index in [1.165, 1.54) is 6.42 Å². The van der Waals surface area contributed by atoms with Crippen molar-refractivity contribution in [2.24, 2.45) is 0 Å². The lowest BCUT2D eigenvalue weighted by atomic mass is 10.0. The Labute approximate surface area is 119 Å². The molecule has 5 heteroatoms. The SMILES string of the molecule is Cc1ccc(C(C)NCC2CCCCO2)cc1[N+](=O)[O-]. The molecule has 110 valence electrons. The molecule has 1 fully saturated rings. The van der Waals surface area contributed by atoms with Gasteiger partial charge in [-0.05, 0) is 38.7 Å². The molecule has 1 aliphatic heterocycles. The van der Waals surface area contributed by atoms with Gasteiger partial charge in [0, 0.05) is 30.8 Å². The number of nitrogens with zero attached hydrogens (tertiary/aromatic N) is 1. The lowest BCUT2D eigenvalue weighted by molar-refractivity contribution is -0.385. The van der Waals surface area contributed by atoms with E-state index in [9.17, 15) is 10.1 Å². The minimum Gasteiger partial charge on any atom is -0.377 e. The highest BCUT2D eigenvalue weighted by atomic mass is 16.6. The second kappa shape index (κ2) is 6.81. The molecule has 0 amide bonds. The Kier molecular flexibility index (Phi) is 5.09. The molecule has 1 aromatic rings. The monoisotopic (exact) mass is 278 g/mol. The summed E-state index contributed by atoms with van der Waals surface area (Å²) in [7, 11) is 0. The van der Waals surface area contributed by atoms with Crippen LogP contribution in [-0.2, 0) is 4.74 Å². The number of hydrogen-bond donors (Lipinski definition) is 1. The Balaban J connectivity index is 1.96. The maximum Gasteiger partial charge on any atom is 0.272 e. The van der Waals surface area contributed by atoms with Crippen molar-refractivity contribution in [3.8, 4) is 0 Å². The fourth-order valence-electron chi connectivity index (χ4n) is 2.49. The number of hydrogen-bond acceptors (Lipinski definition) is 4. The Morgan fingerprint density at radius 2 is 2.30 bits per heavy atom. The van der Waals surface area contributed by atoms with Crippen LogP contribution in [0.1, 0.15) is 43.4 Å². The average Bonchev–Trinajstić information content (AvgIpc) is 2.46. The van der Waals surface area contributed by atoms with E-state index in [-0.39, 0.29) is 22.8 Å². The summed E-state index contributed by atoms with van der Waals surface area (Å²) in [5.41, 5.74) is 1.82. The first-order valence-electron chi connectivity index (χ1n) is 7.18. The molecule has 1 aliphatic rings. The summed E-state index contributed by atoms with van der Waals surface area (Å²) in [5, 5.41) is 14.4. The summed E-state index contributed by atoms with van der Waals surface area (Å²) in [4.78, 5) is 10.6. The van der Waals surface area contributed by atoms with Crippen molar-refractivity contribution in [2.75, 3.05) is 13.2 Å². The summed E-state index contributed by atoms with van der Waals surface area (Å²) < 4.78 is 5.67. The number of ether oxygens (including phenoxy) is 1. The van der Waals surface area contributed by atoms with Crippen LogP contribution in [0, 0.1) is 17.0 Å². The number of benzene rings is 1. The molecule has 0 aliphatic carbocycles. The third-order valence-electron chi connectivity index (χ3n) is 3.86. The molecule has 0 saturated carbocycles. The van der Waals surface area contributed by atoms with Gasteiger partial charge in [0.15, 0.2) is 0 Å². The van der Waals surface area contributed by atoms with Gasteiger partial charge in [-0.3, -0.25) is 10.1 Å². The topological polar surface area (TPSA) is 64.4 Å². The van der Waals surface area contributed by atoms with E-state index in [0.717, 1.165) is 31.6 Å². The fraction of sp³-hybridized carbons (Fsp3) is 0.600. The molecule has 20 heavy (non-hydrogen) atoms. The lowest BCUT2D eigenvalue weighted by Gasteiger charge is -2.25. The van der Waals surface area contributed by atoms with Crippen LogP contribution in [0.5, 0.6) is 0 Å². The molecule has 1 saturated heterocycles. The van der Waals surface area contributed by atoms with Gasteiger partial charge in [0.05, 0.1) is 11.0 Å². The Morgan fingerprint density at radius 3 is 2.95 bits per heavy atom. The van der Waals surface area contributed by atoms with Crippen LogP contribution in [0.25, 0.3) is 0 Å². The van der Waals surface area contributed by atoms with Gasteiger partial charge in [-0.15, -0.1) is 0 Å². The van der Waals surface area contributed by atoms with Crippen LogP contribution in [0.3, 0.4) is 0 Å². The van der Waals surface area contributed by atoms with Gasteiger partial charge in [0.2, 0.25) is 0 Å². The second-order valence-corrected chi connectivity index (χ2v) is 5.42. The summed E-state index contributed by atoms with van der Waals surface area (Å²) >= 11 is 0. The molecule has 0 spiro atoms. The Morgan fingerprint density at radius 1 is 1.50 bits per heavy atom. The smallest absolute Gasteiger partial charge is 0.272 e. The van der Waals surface area contributed by atoms with E-state index in [1.807, 2.05) is 19.1 Å². The van der Waals surface area contributed by atoms with Crippen molar-refractivity contribution in [2.45, 2.75) is 45.3 Å². The maximum atomic E-state index is 11.0. The van der Waals surface area contributed by atoms with Gasteiger partial charge in [0.1, 0.15) is 0 Å². The van der Waals surface area contributed by atoms with Gasteiger partial charge in [0.25, 0.3) is 5.69 Å². The van der Waals surface area contributed by atoms with Crippen LogP contribution in [0.15, 0.2) is 18.2 Å².